The smallest absolute Gasteiger partial charge is 0.255 e. The lowest BCUT2D eigenvalue weighted by Crippen LogP contribution is -2.49. The minimum atomic E-state index is -2.69. The fourth-order valence-electron chi connectivity index (χ4n) is 1.30. The highest BCUT2D eigenvalue weighted by atomic mass is 19.3. The van der Waals surface area contributed by atoms with Crippen LogP contribution in [0.1, 0.15) is 13.8 Å². The van der Waals surface area contributed by atoms with E-state index in [9.17, 15) is 18.4 Å². The molecule has 19 heavy (non-hydrogen) atoms. The average molecular weight is 281 g/mol. The summed E-state index contributed by atoms with van der Waals surface area (Å²) in [6.45, 7) is 1.70. The first-order chi connectivity index (χ1) is 8.79. The molecule has 0 aliphatic rings. The van der Waals surface area contributed by atoms with Gasteiger partial charge in [-0.2, -0.15) is 0 Å². The molecule has 0 saturated heterocycles. The van der Waals surface area contributed by atoms with E-state index in [4.69, 9.17) is 10.8 Å². The van der Waals surface area contributed by atoms with E-state index < -0.39 is 44.0 Å². The Morgan fingerprint density at radius 2 is 1.95 bits per heavy atom. The molecule has 0 saturated carbocycles. The number of hydrogen-bond acceptors (Lipinski definition) is 4. The van der Waals surface area contributed by atoms with E-state index in [-0.39, 0.29) is 12.5 Å². The van der Waals surface area contributed by atoms with E-state index in [1.54, 1.807) is 13.8 Å². The maximum Gasteiger partial charge on any atom is 0.255 e. The summed E-state index contributed by atoms with van der Waals surface area (Å²) in [5, 5.41) is 11.0. The number of carbonyl (C=O) groups excluding carboxylic acids is 2. The van der Waals surface area contributed by atoms with Crippen LogP contribution in [0.2, 0.25) is 0 Å². The summed E-state index contributed by atoms with van der Waals surface area (Å²) in [5.74, 6) is -1.28. The van der Waals surface area contributed by atoms with Crippen LogP contribution in [0.25, 0.3) is 0 Å². The molecule has 6 nitrogen and oxygen atoms in total. The van der Waals surface area contributed by atoms with Gasteiger partial charge in [-0.3, -0.25) is 9.59 Å². The molecule has 0 aromatic heterocycles. The van der Waals surface area contributed by atoms with Gasteiger partial charge in [0.05, 0.1) is 25.7 Å². The summed E-state index contributed by atoms with van der Waals surface area (Å²) < 4.78 is 24.4. The number of rotatable bonds is 8. The van der Waals surface area contributed by atoms with Crippen molar-refractivity contribution in [2.45, 2.75) is 26.3 Å². The number of alkyl halides is 2. The highest BCUT2D eigenvalue weighted by molar-refractivity contribution is 5.87. The summed E-state index contributed by atoms with van der Waals surface area (Å²) in [7, 11) is 0. The third-order valence-electron chi connectivity index (χ3n) is 2.52. The van der Waals surface area contributed by atoms with E-state index >= 15 is 0 Å². The minimum absolute atomic E-state index is 0.0929. The van der Waals surface area contributed by atoms with Crippen LogP contribution in [-0.4, -0.2) is 60.5 Å². The molecule has 0 fully saturated rings. The van der Waals surface area contributed by atoms with Crippen molar-refractivity contribution in [3.63, 3.8) is 0 Å². The zero-order valence-corrected chi connectivity index (χ0v) is 11.1. The van der Waals surface area contributed by atoms with E-state index in [0.29, 0.717) is 0 Å². The van der Waals surface area contributed by atoms with Crippen molar-refractivity contribution >= 4 is 11.8 Å². The Labute approximate surface area is 110 Å². The summed E-state index contributed by atoms with van der Waals surface area (Å²) >= 11 is 0. The summed E-state index contributed by atoms with van der Waals surface area (Å²) in [6.07, 6.45) is -2.69. The Bertz CT molecular complexity index is 301. The molecule has 0 radical (unpaired) electrons. The molecule has 4 N–H and O–H groups in total. The molecule has 0 aromatic rings. The molecule has 0 aromatic carbocycles. The van der Waals surface area contributed by atoms with Gasteiger partial charge in [0.2, 0.25) is 11.8 Å². The first kappa shape index (κ1) is 17.7. The Hall–Kier alpha value is -1.28. The molecule has 0 spiro atoms. The lowest BCUT2D eigenvalue weighted by molar-refractivity contribution is -0.135. The van der Waals surface area contributed by atoms with Gasteiger partial charge in [-0.25, -0.2) is 8.78 Å². The standard InChI is InChI=1S/C11H21F2N3O3/c1-7(2)10(14)11(19)15-5-9(18)16(3-4-17)6-8(12)13/h7-8,10,17H,3-6,14H2,1-2H3,(H,15,19)/t10-/m0/s1. The van der Waals surface area contributed by atoms with Crippen molar-refractivity contribution < 1.29 is 23.5 Å². The van der Waals surface area contributed by atoms with Crippen molar-refractivity contribution in [1.29, 1.82) is 0 Å². The van der Waals surface area contributed by atoms with Crippen molar-refractivity contribution in [3.8, 4) is 0 Å². The lowest BCUT2D eigenvalue weighted by Gasteiger charge is -2.22. The molecule has 2 amide bonds. The first-order valence-electron chi connectivity index (χ1n) is 5.99. The van der Waals surface area contributed by atoms with Crippen LogP contribution < -0.4 is 11.1 Å². The maximum atomic E-state index is 12.2. The van der Waals surface area contributed by atoms with Gasteiger partial charge in [0.25, 0.3) is 6.43 Å². The number of nitrogens with one attached hydrogen (secondary N) is 1. The lowest BCUT2D eigenvalue weighted by atomic mass is 10.1. The van der Waals surface area contributed by atoms with Gasteiger partial charge in [0.15, 0.2) is 0 Å². The van der Waals surface area contributed by atoms with Crippen molar-refractivity contribution in [2.75, 3.05) is 26.2 Å². The topological polar surface area (TPSA) is 95.7 Å². The summed E-state index contributed by atoms with van der Waals surface area (Å²) in [5.41, 5.74) is 5.56. The van der Waals surface area contributed by atoms with Crippen molar-refractivity contribution in [3.05, 3.63) is 0 Å². The van der Waals surface area contributed by atoms with Gasteiger partial charge in [-0.05, 0) is 5.92 Å². The second-order valence-electron chi connectivity index (χ2n) is 4.44. The fourth-order valence-corrected chi connectivity index (χ4v) is 1.30. The maximum absolute atomic E-state index is 12.2. The molecule has 0 aliphatic heterocycles. The van der Waals surface area contributed by atoms with E-state index in [1.165, 1.54) is 0 Å². The zero-order chi connectivity index (χ0) is 15.0. The van der Waals surface area contributed by atoms with Crippen LogP contribution in [0.4, 0.5) is 8.78 Å². The normalized spacial score (nSPS) is 12.6. The molecule has 0 rings (SSSR count). The third kappa shape index (κ3) is 7.02. The van der Waals surface area contributed by atoms with Crippen molar-refractivity contribution in [1.82, 2.24) is 10.2 Å². The predicted octanol–water partition coefficient (Wildman–Crippen LogP) is -0.828. The number of halogens is 2. The minimum Gasteiger partial charge on any atom is -0.395 e. The number of aliphatic hydroxyl groups excluding tert-OH is 1. The molecular formula is C11H21F2N3O3. The van der Waals surface area contributed by atoms with Gasteiger partial charge < -0.3 is 21.1 Å². The highest BCUT2D eigenvalue weighted by Gasteiger charge is 2.21. The number of hydrogen-bond donors (Lipinski definition) is 3. The number of aliphatic hydroxyl groups is 1. The van der Waals surface area contributed by atoms with Gasteiger partial charge in [0.1, 0.15) is 0 Å². The van der Waals surface area contributed by atoms with E-state index in [0.717, 1.165) is 4.90 Å². The average Bonchev–Trinajstić information content (AvgIpc) is 2.33. The molecule has 8 heteroatoms. The highest BCUT2D eigenvalue weighted by Crippen LogP contribution is 2.00. The van der Waals surface area contributed by atoms with E-state index in [2.05, 4.69) is 5.32 Å². The van der Waals surface area contributed by atoms with Gasteiger partial charge in [-0.1, -0.05) is 13.8 Å². The van der Waals surface area contributed by atoms with Crippen LogP contribution in [0.5, 0.6) is 0 Å². The van der Waals surface area contributed by atoms with Gasteiger partial charge in [0, 0.05) is 6.54 Å². The van der Waals surface area contributed by atoms with Crippen LogP contribution in [0.3, 0.4) is 0 Å². The molecule has 112 valence electrons. The second kappa shape index (κ2) is 8.76. The third-order valence-corrected chi connectivity index (χ3v) is 2.52. The number of amides is 2. The number of nitrogens with zero attached hydrogens (tertiary/aromatic N) is 1. The molecule has 0 aliphatic carbocycles. The molecule has 0 bridgehead atoms. The van der Waals surface area contributed by atoms with Crippen LogP contribution in [0.15, 0.2) is 0 Å². The molecule has 0 unspecified atom stereocenters. The van der Waals surface area contributed by atoms with E-state index in [1.807, 2.05) is 0 Å². The molecular weight excluding hydrogens is 260 g/mol. The zero-order valence-electron chi connectivity index (χ0n) is 11.1. The monoisotopic (exact) mass is 281 g/mol. The Morgan fingerprint density at radius 1 is 1.37 bits per heavy atom. The van der Waals surface area contributed by atoms with Crippen LogP contribution in [0, 0.1) is 5.92 Å². The largest absolute Gasteiger partial charge is 0.395 e. The van der Waals surface area contributed by atoms with Gasteiger partial charge >= 0.3 is 0 Å². The second-order valence-corrected chi connectivity index (χ2v) is 4.44. The number of nitrogens with two attached hydrogens (primary N) is 1. The SMILES string of the molecule is CC(C)[C@H](N)C(=O)NCC(=O)N(CCO)CC(F)F. The van der Waals surface area contributed by atoms with Gasteiger partial charge in [-0.15, -0.1) is 0 Å². The predicted molar refractivity (Wildman–Crippen MR) is 65.5 cm³/mol. The summed E-state index contributed by atoms with van der Waals surface area (Å²) in [6, 6.07) is -0.755. The van der Waals surface area contributed by atoms with Crippen molar-refractivity contribution in [2.24, 2.45) is 11.7 Å². The molecule has 0 heterocycles. The Balaban J connectivity index is 4.29. The van der Waals surface area contributed by atoms with Crippen LogP contribution >= 0.6 is 0 Å². The number of carbonyl (C=O) groups is 2. The first-order valence-corrected chi connectivity index (χ1v) is 5.99. The summed E-state index contributed by atoms with van der Waals surface area (Å²) in [4.78, 5) is 23.9. The fraction of sp³-hybridized carbons (Fsp3) is 0.818. The molecule has 1 atom stereocenters. The Morgan fingerprint density at radius 3 is 2.37 bits per heavy atom. The Kier molecular flexibility index (Phi) is 8.17. The van der Waals surface area contributed by atoms with Crippen LogP contribution in [-0.2, 0) is 9.59 Å². The quantitative estimate of drug-likeness (QED) is 0.541.